The topological polar surface area (TPSA) is 24.9 Å². The number of pyridine rings is 1. The fraction of sp³-hybridized carbons (Fsp3) is 0.308. The number of halogens is 1. The van der Waals surface area contributed by atoms with Crippen molar-refractivity contribution in [3.05, 3.63) is 50.4 Å². The Morgan fingerprint density at radius 2 is 2.24 bits per heavy atom. The zero-order valence-electron chi connectivity index (χ0n) is 9.90. The molecule has 2 nitrogen and oxygen atoms in total. The summed E-state index contributed by atoms with van der Waals surface area (Å²) in [5.74, 6) is 0. The Morgan fingerprint density at radius 3 is 2.82 bits per heavy atom. The van der Waals surface area contributed by atoms with Crippen LogP contribution in [0.2, 0.25) is 0 Å². The third kappa shape index (κ3) is 3.15. The summed E-state index contributed by atoms with van der Waals surface area (Å²) >= 11 is 5.30. The Kier molecular flexibility index (Phi) is 4.31. The van der Waals surface area contributed by atoms with E-state index in [0.29, 0.717) is 0 Å². The fourth-order valence-corrected chi connectivity index (χ4v) is 3.15. The average Bonchev–Trinajstić information content (AvgIpc) is 2.72. The molecule has 90 valence electrons. The molecule has 2 heterocycles. The van der Waals surface area contributed by atoms with Gasteiger partial charge in [-0.3, -0.25) is 4.98 Å². The molecule has 0 aliphatic rings. The summed E-state index contributed by atoms with van der Waals surface area (Å²) in [6.07, 6.45) is 3.74. The average molecular weight is 311 g/mol. The van der Waals surface area contributed by atoms with Crippen LogP contribution in [0.15, 0.2) is 35.1 Å². The van der Waals surface area contributed by atoms with Crippen molar-refractivity contribution >= 4 is 27.3 Å². The summed E-state index contributed by atoms with van der Waals surface area (Å²) in [5, 5.41) is 3.51. The van der Waals surface area contributed by atoms with Crippen molar-refractivity contribution in [2.75, 3.05) is 6.54 Å². The minimum Gasteiger partial charge on any atom is -0.306 e. The summed E-state index contributed by atoms with van der Waals surface area (Å²) in [6.45, 7) is 5.20. The molecule has 0 saturated carbocycles. The van der Waals surface area contributed by atoms with Crippen LogP contribution in [0, 0.1) is 6.92 Å². The summed E-state index contributed by atoms with van der Waals surface area (Å²) < 4.78 is 1.02. The van der Waals surface area contributed by atoms with Crippen molar-refractivity contribution in [3.8, 4) is 0 Å². The minimum absolute atomic E-state index is 0.240. The number of hydrogen-bond acceptors (Lipinski definition) is 3. The Hall–Kier alpha value is -0.710. The van der Waals surface area contributed by atoms with Gasteiger partial charge in [0.05, 0.1) is 6.04 Å². The van der Waals surface area contributed by atoms with E-state index in [4.69, 9.17) is 0 Å². The first kappa shape index (κ1) is 12.7. The van der Waals surface area contributed by atoms with Crippen LogP contribution in [-0.2, 0) is 0 Å². The second-order valence-corrected chi connectivity index (χ2v) is 6.11. The van der Waals surface area contributed by atoms with E-state index in [-0.39, 0.29) is 6.04 Å². The van der Waals surface area contributed by atoms with Gasteiger partial charge in [0.1, 0.15) is 0 Å². The number of aromatic nitrogens is 1. The standard InChI is InChI=1S/C13H15BrN2S/c1-3-16-13(12-5-4-9(2)17-12)10-6-11(14)8-15-7-10/h4-8,13,16H,3H2,1-2H3. The van der Waals surface area contributed by atoms with E-state index in [9.17, 15) is 0 Å². The van der Waals surface area contributed by atoms with Crippen LogP contribution >= 0.6 is 27.3 Å². The monoisotopic (exact) mass is 310 g/mol. The largest absolute Gasteiger partial charge is 0.306 e. The first-order valence-electron chi connectivity index (χ1n) is 5.61. The highest BCUT2D eigenvalue weighted by Gasteiger charge is 2.15. The van der Waals surface area contributed by atoms with E-state index in [1.807, 2.05) is 23.7 Å². The highest BCUT2D eigenvalue weighted by Crippen LogP contribution is 2.28. The molecule has 0 radical (unpaired) electrons. The van der Waals surface area contributed by atoms with E-state index in [1.54, 1.807) is 0 Å². The number of thiophene rings is 1. The third-order valence-corrected chi connectivity index (χ3v) is 4.01. The summed E-state index contributed by atoms with van der Waals surface area (Å²) in [7, 11) is 0. The molecule has 1 atom stereocenters. The second kappa shape index (κ2) is 5.76. The van der Waals surface area contributed by atoms with Gasteiger partial charge in [0.2, 0.25) is 0 Å². The molecule has 1 N–H and O–H groups in total. The molecule has 4 heteroatoms. The highest BCUT2D eigenvalue weighted by atomic mass is 79.9. The van der Waals surface area contributed by atoms with Crippen molar-refractivity contribution in [3.63, 3.8) is 0 Å². The minimum atomic E-state index is 0.240. The van der Waals surface area contributed by atoms with E-state index in [1.165, 1.54) is 15.3 Å². The molecule has 2 rings (SSSR count). The van der Waals surface area contributed by atoms with Gasteiger partial charge >= 0.3 is 0 Å². The lowest BCUT2D eigenvalue weighted by molar-refractivity contribution is 0.637. The summed E-state index contributed by atoms with van der Waals surface area (Å²) in [4.78, 5) is 6.91. The molecule has 0 aliphatic heterocycles. The maximum atomic E-state index is 4.24. The summed E-state index contributed by atoms with van der Waals surface area (Å²) in [6, 6.07) is 6.71. The number of hydrogen-bond donors (Lipinski definition) is 1. The van der Waals surface area contributed by atoms with Gasteiger partial charge in [0.15, 0.2) is 0 Å². The van der Waals surface area contributed by atoms with Crippen molar-refractivity contribution < 1.29 is 0 Å². The lowest BCUT2D eigenvalue weighted by Gasteiger charge is -2.16. The Balaban J connectivity index is 2.35. The molecule has 17 heavy (non-hydrogen) atoms. The van der Waals surface area contributed by atoms with E-state index >= 15 is 0 Å². The van der Waals surface area contributed by atoms with Crippen LogP contribution in [0.25, 0.3) is 0 Å². The Morgan fingerprint density at radius 1 is 1.41 bits per heavy atom. The van der Waals surface area contributed by atoms with Crippen LogP contribution < -0.4 is 5.32 Å². The molecular weight excluding hydrogens is 296 g/mol. The lowest BCUT2D eigenvalue weighted by atomic mass is 10.1. The zero-order valence-corrected chi connectivity index (χ0v) is 12.3. The van der Waals surface area contributed by atoms with Gasteiger partial charge in [0.25, 0.3) is 0 Å². The smallest absolute Gasteiger partial charge is 0.0686 e. The highest BCUT2D eigenvalue weighted by molar-refractivity contribution is 9.10. The second-order valence-electron chi connectivity index (χ2n) is 3.88. The molecule has 0 fully saturated rings. The van der Waals surface area contributed by atoms with E-state index in [0.717, 1.165) is 11.0 Å². The van der Waals surface area contributed by atoms with Gasteiger partial charge in [-0.05, 0) is 53.2 Å². The van der Waals surface area contributed by atoms with Crippen molar-refractivity contribution in [1.82, 2.24) is 10.3 Å². The molecule has 0 bridgehead atoms. The van der Waals surface area contributed by atoms with E-state index < -0.39 is 0 Å². The van der Waals surface area contributed by atoms with Crippen molar-refractivity contribution in [2.24, 2.45) is 0 Å². The van der Waals surface area contributed by atoms with Gasteiger partial charge in [-0.25, -0.2) is 0 Å². The SMILES string of the molecule is CCNC(c1cncc(Br)c1)c1ccc(C)s1. The van der Waals surface area contributed by atoms with Crippen LogP contribution in [0.1, 0.15) is 28.3 Å². The molecule has 0 amide bonds. The van der Waals surface area contributed by atoms with Gasteiger partial charge in [-0.15, -0.1) is 11.3 Å². The molecule has 1 unspecified atom stereocenters. The Labute approximate surface area is 114 Å². The zero-order chi connectivity index (χ0) is 12.3. The van der Waals surface area contributed by atoms with Crippen LogP contribution in [0.5, 0.6) is 0 Å². The van der Waals surface area contributed by atoms with Gasteiger partial charge in [0, 0.05) is 26.6 Å². The molecule has 2 aromatic rings. The quantitative estimate of drug-likeness (QED) is 0.926. The van der Waals surface area contributed by atoms with E-state index in [2.05, 4.69) is 58.3 Å². The number of nitrogens with one attached hydrogen (secondary N) is 1. The molecular formula is C13H15BrN2S. The van der Waals surface area contributed by atoms with Gasteiger partial charge in [-0.2, -0.15) is 0 Å². The normalized spacial score (nSPS) is 12.6. The first-order chi connectivity index (χ1) is 8.20. The molecule has 2 aromatic heterocycles. The number of aryl methyl sites for hydroxylation is 1. The van der Waals surface area contributed by atoms with Crippen LogP contribution in [0.4, 0.5) is 0 Å². The maximum Gasteiger partial charge on any atom is 0.0686 e. The molecule has 0 aromatic carbocycles. The van der Waals surface area contributed by atoms with Gasteiger partial charge < -0.3 is 5.32 Å². The van der Waals surface area contributed by atoms with Gasteiger partial charge in [-0.1, -0.05) is 6.92 Å². The Bertz CT molecular complexity index is 496. The predicted octanol–water partition coefficient (Wildman–Crippen LogP) is 3.91. The van der Waals surface area contributed by atoms with Crippen molar-refractivity contribution in [1.29, 1.82) is 0 Å². The predicted molar refractivity (Wildman–Crippen MR) is 76.5 cm³/mol. The molecule has 0 aliphatic carbocycles. The molecule has 0 saturated heterocycles. The maximum absolute atomic E-state index is 4.24. The summed E-state index contributed by atoms with van der Waals surface area (Å²) in [5.41, 5.74) is 1.20. The fourth-order valence-electron chi connectivity index (χ4n) is 1.78. The molecule has 0 spiro atoms. The van der Waals surface area contributed by atoms with Crippen LogP contribution in [0.3, 0.4) is 0 Å². The van der Waals surface area contributed by atoms with Crippen LogP contribution in [-0.4, -0.2) is 11.5 Å². The number of nitrogens with zero attached hydrogens (tertiary/aromatic N) is 1. The third-order valence-electron chi connectivity index (χ3n) is 2.51. The lowest BCUT2D eigenvalue weighted by Crippen LogP contribution is -2.21. The van der Waals surface area contributed by atoms with Crippen molar-refractivity contribution in [2.45, 2.75) is 19.9 Å². The first-order valence-corrected chi connectivity index (χ1v) is 7.22. The number of rotatable bonds is 4.